The quantitative estimate of drug-likeness (QED) is 0.217. The van der Waals surface area contributed by atoms with E-state index in [1.165, 1.54) is 0 Å². The molecule has 1 fully saturated rings. The summed E-state index contributed by atoms with van der Waals surface area (Å²) in [5, 5.41) is 6.74. The summed E-state index contributed by atoms with van der Waals surface area (Å²) in [5.41, 5.74) is 1.08. The summed E-state index contributed by atoms with van der Waals surface area (Å²) in [7, 11) is 1.68. The van der Waals surface area contributed by atoms with E-state index in [0.717, 1.165) is 88.6 Å². The fourth-order valence-electron chi connectivity index (χ4n) is 3.42. The van der Waals surface area contributed by atoms with Gasteiger partial charge in [-0.15, -0.1) is 24.0 Å². The average molecular weight is 564 g/mol. The van der Waals surface area contributed by atoms with Crippen molar-refractivity contribution in [3.8, 4) is 11.5 Å². The van der Waals surface area contributed by atoms with Gasteiger partial charge in [-0.05, 0) is 37.7 Å². The van der Waals surface area contributed by atoms with E-state index in [4.69, 9.17) is 19.2 Å². The predicted molar refractivity (Wildman–Crippen MR) is 142 cm³/mol. The number of hydrogen-bond donors (Lipinski definition) is 2. The third-order valence-electron chi connectivity index (χ3n) is 5.38. The Labute approximate surface area is 211 Å². The number of morpholine rings is 1. The average Bonchev–Trinajstić information content (AvgIpc) is 2.81. The molecule has 32 heavy (non-hydrogen) atoms. The number of likely N-dealkylation sites (N-methyl/N-ethyl adjacent to an activating group) is 1. The van der Waals surface area contributed by atoms with Gasteiger partial charge in [-0.2, -0.15) is 0 Å². The fourth-order valence-corrected chi connectivity index (χ4v) is 3.42. The monoisotopic (exact) mass is 563 g/mol. The molecule has 0 unspecified atom stereocenters. The largest absolute Gasteiger partial charge is 0.493 e. The van der Waals surface area contributed by atoms with Crippen LogP contribution in [-0.4, -0.2) is 95.0 Å². The number of methoxy groups -OCH3 is 1. The molecule has 9 heteroatoms. The van der Waals surface area contributed by atoms with Crippen molar-refractivity contribution < 1.29 is 14.2 Å². The topological polar surface area (TPSA) is 70.6 Å². The molecule has 1 aromatic carbocycles. The number of ether oxygens (including phenoxy) is 3. The Morgan fingerprint density at radius 1 is 1.12 bits per heavy atom. The zero-order chi connectivity index (χ0) is 22.3. The van der Waals surface area contributed by atoms with Crippen LogP contribution in [0.3, 0.4) is 0 Å². The molecular weight excluding hydrogens is 521 g/mol. The normalized spacial score (nSPS) is 14.7. The van der Waals surface area contributed by atoms with Gasteiger partial charge in [-0.25, -0.2) is 4.99 Å². The molecule has 0 amide bonds. The molecule has 1 heterocycles. The Kier molecular flexibility index (Phi) is 15.5. The van der Waals surface area contributed by atoms with Gasteiger partial charge in [0.15, 0.2) is 17.5 Å². The summed E-state index contributed by atoms with van der Waals surface area (Å²) in [6.07, 6.45) is 0. The van der Waals surface area contributed by atoms with Crippen LogP contribution in [0.4, 0.5) is 0 Å². The van der Waals surface area contributed by atoms with Crippen molar-refractivity contribution in [2.45, 2.75) is 27.3 Å². The van der Waals surface area contributed by atoms with E-state index < -0.39 is 0 Å². The van der Waals surface area contributed by atoms with Crippen molar-refractivity contribution in [1.82, 2.24) is 20.4 Å². The van der Waals surface area contributed by atoms with E-state index >= 15 is 0 Å². The number of nitrogens with one attached hydrogen (secondary N) is 2. The van der Waals surface area contributed by atoms with Gasteiger partial charge in [0.05, 0.1) is 26.9 Å². The maximum Gasteiger partial charge on any atom is 0.191 e. The van der Waals surface area contributed by atoms with Crippen molar-refractivity contribution in [2.75, 3.05) is 79.3 Å². The number of guanidine groups is 1. The minimum Gasteiger partial charge on any atom is -0.493 e. The van der Waals surface area contributed by atoms with Gasteiger partial charge < -0.3 is 29.7 Å². The zero-order valence-corrected chi connectivity index (χ0v) is 22.5. The predicted octanol–water partition coefficient (Wildman–Crippen LogP) is 2.42. The SMILES string of the molecule is CCNC(=NCc1ccc(OCCN(CC)CC)c(OC)c1)NCCN1CCOCC1.I. The minimum atomic E-state index is 0. The van der Waals surface area contributed by atoms with Crippen molar-refractivity contribution in [3.63, 3.8) is 0 Å². The third kappa shape index (κ3) is 10.5. The van der Waals surface area contributed by atoms with Crippen LogP contribution in [0, 0.1) is 0 Å². The molecule has 0 aliphatic carbocycles. The second kappa shape index (κ2) is 17.2. The van der Waals surface area contributed by atoms with Crippen LogP contribution in [-0.2, 0) is 11.3 Å². The van der Waals surface area contributed by atoms with Crippen LogP contribution in [0.25, 0.3) is 0 Å². The van der Waals surface area contributed by atoms with Gasteiger partial charge in [0.25, 0.3) is 0 Å². The first-order valence-corrected chi connectivity index (χ1v) is 11.5. The molecule has 2 rings (SSSR count). The fraction of sp³-hybridized carbons (Fsp3) is 0.696. The Balaban J connectivity index is 0.00000512. The summed E-state index contributed by atoms with van der Waals surface area (Å²) in [6.45, 7) is 16.9. The van der Waals surface area contributed by atoms with E-state index in [2.05, 4.69) is 47.3 Å². The van der Waals surface area contributed by atoms with E-state index in [9.17, 15) is 0 Å². The smallest absolute Gasteiger partial charge is 0.191 e. The molecule has 8 nitrogen and oxygen atoms in total. The third-order valence-corrected chi connectivity index (χ3v) is 5.38. The summed E-state index contributed by atoms with van der Waals surface area (Å²) in [4.78, 5) is 9.47. The maximum absolute atomic E-state index is 5.95. The van der Waals surface area contributed by atoms with Crippen LogP contribution in [0.5, 0.6) is 11.5 Å². The van der Waals surface area contributed by atoms with Crippen LogP contribution in [0.1, 0.15) is 26.3 Å². The van der Waals surface area contributed by atoms with Crippen molar-refractivity contribution in [1.29, 1.82) is 0 Å². The summed E-state index contributed by atoms with van der Waals surface area (Å²) in [6, 6.07) is 6.04. The highest BCUT2D eigenvalue weighted by molar-refractivity contribution is 14.0. The van der Waals surface area contributed by atoms with Crippen molar-refractivity contribution >= 4 is 29.9 Å². The second-order valence-corrected chi connectivity index (χ2v) is 7.44. The molecular formula is C23H42IN5O3. The number of nitrogens with zero attached hydrogens (tertiary/aromatic N) is 3. The molecule has 2 N–H and O–H groups in total. The van der Waals surface area contributed by atoms with Crippen LogP contribution in [0.2, 0.25) is 0 Å². The minimum absolute atomic E-state index is 0. The molecule has 184 valence electrons. The lowest BCUT2D eigenvalue weighted by molar-refractivity contribution is 0.0389. The molecule has 1 aliphatic rings. The molecule has 1 aliphatic heterocycles. The molecule has 1 aromatic rings. The summed E-state index contributed by atoms with van der Waals surface area (Å²) >= 11 is 0. The lowest BCUT2D eigenvalue weighted by Crippen LogP contribution is -2.44. The first-order chi connectivity index (χ1) is 15.2. The maximum atomic E-state index is 5.95. The standard InChI is InChI=1S/C23H41N5O3.HI/c1-5-24-23(25-10-11-28-12-15-30-16-13-28)26-19-20-8-9-21(22(18-20)29-4)31-17-14-27(6-2)7-3;/h8-9,18H,5-7,10-17,19H2,1-4H3,(H2,24,25,26);1H. The van der Waals surface area contributed by atoms with Gasteiger partial charge >= 0.3 is 0 Å². The van der Waals surface area contributed by atoms with Gasteiger partial charge in [0.2, 0.25) is 0 Å². The van der Waals surface area contributed by atoms with E-state index in [-0.39, 0.29) is 24.0 Å². The highest BCUT2D eigenvalue weighted by Crippen LogP contribution is 2.28. The van der Waals surface area contributed by atoms with Crippen molar-refractivity contribution in [3.05, 3.63) is 23.8 Å². The number of halogens is 1. The van der Waals surface area contributed by atoms with Gasteiger partial charge in [0.1, 0.15) is 6.61 Å². The van der Waals surface area contributed by atoms with Gasteiger partial charge in [-0.3, -0.25) is 4.90 Å². The lowest BCUT2D eigenvalue weighted by atomic mass is 10.2. The summed E-state index contributed by atoms with van der Waals surface area (Å²) in [5.74, 6) is 2.35. The molecule has 0 aromatic heterocycles. The van der Waals surface area contributed by atoms with Gasteiger partial charge in [0, 0.05) is 39.3 Å². The Hall–Kier alpha value is -1.30. The molecule has 0 saturated carbocycles. The first kappa shape index (κ1) is 28.7. The van der Waals surface area contributed by atoms with Crippen LogP contribution in [0.15, 0.2) is 23.2 Å². The second-order valence-electron chi connectivity index (χ2n) is 7.44. The molecule has 0 radical (unpaired) electrons. The van der Waals surface area contributed by atoms with Gasteiger partial charge in [-0.1, -0.05) is 19.9 Å². The van der Waals surface area contributed by atoms with E-state index in [1.54, 1.807) is 7.11 Å². The van der Waals surface area contributed by atoms with Crippen LogP contribution < -0.4 is 20.1 Å². The highest BCUT2D eigenvalue weighted by Gasteiger charge is 2.10. The number of rotatable bonds is 13. The molecule has 0 bridgehead atoms. The van der Waals surface area contributed by atoms with E-state index in [1.807, 2.05) is 12.1 Å². The lowest BCUT2D eigenvalue weighted by Gasteiger charge is -2.26. The molecule has 0 atom stereocenters. The summed E-state index contributed by atoms with van der Waals surface area (Å²) < 4.78 is 16.9. The Morgan fingerprint density at radius 2 is 1.88 bits per heavy atom. The van der Waals surface area contributed by atoms with Crippen LogP contribution >= 0.6 is 24.0 Å². The first-order valence-electron chi connectivity index (χ1n) is 11.5. The Bertz CT molecular complexity index is 653. The molecule has 0 spiro atoms. The van der Waals surface area contributed by atoms with Crippen molar-refractivity contribution in [2.24, 2.45) is 4.99 Å². The van der Waals surface area contributed by atoms with E-state index in [0.29, 0.717) is 13.2 Å². The number of aliphatic imine (C=N–C) groups is 1. The number of benzene rings is 1. The highest BCUT2D eigenvalue weighted by atomic mass is 127. The molecule has 1 saturated heterocycles. The zero-order valence-electron chi connectivity index (χ0n) is 20.2. The number of hydrogen-bond acceptors (Lipinski definition) is 6. The Morgan fingerprint density at radius 3 is 2.53 bits per heavy atom.